The van der Waals surface area contributed by atoms with Gasteiger partial charge in [-0.2, -0.15) is 23.1 Å². The Morgan fingerprint density at radius 3 is 2.17 bits per heavy atom. The standard InChI is InChI=1S/C22H18ClN3O2S2/c1-29-19-13-9-16(10-14-19)21-15-22(17-7-11-18(23)12-8-17)26(24-21)25-30(27,28)20-5-3-2-4-6-20/h2-15,25H,1H3. The Bertz CT molecular complexity index is 1250. The van der Waals surface area contributed by atoms with Crippen molar-refractivity contribution in [3.8, 4) is 22.5 Å². The molecule has 1 aromatic heterocycles. The lowest BCUT2D eigenvalue weighted by atomic mass is 10.1. The van der Waals surface area contributed by atoms with E-state index in [1.165, 1.54) is 16.9 Å². The van der Waals surface area contributed by atoms with E-state index in [2.05, 4.69) is 9.93 Å². The number of halogens is 1. The molecule has 0 saturated heterocycles. The van der Waals surface area contributed by atoms with Crippen LogP contribution in [0.25, 0.3) is 22.5 Å². The van der Waals surface area contributed by atoms with Gasteiger partial charge < -0.3 is 0 Å². The summed E-state index contributed by atoms with van der Waals surface area (Å²) in [5.41, 5.74) is 2.94. The number of aromatic nitrogens is 2. The van der Waals surface area contributed by atoms with E-state index in [0.717, 1.165) is 16.0 Å². The molecule has 0 fully saturated rings. The van der Waals surface area contributed by atoms with Crippen LogP contribution in [0, 0.1) is 0 Å². The van der Waals surface area contributed by atoms with Crippen molar-refractivity contribution in [2.45, 2.75) is 9.79 Å². The second-order valence-corrected chi connectivity index (χ2v) is 9.45. The zero-order valence-electron chi connectivity index (χ0n) is 16.0. The first-order chi connectivity index (χ1) is 14.5. The average Bonchev–Trinajstić information content (AvgIpc) is 3.18. The fourth-order valence-electron chi connectivity index (χ4n) is 2.95. The van der Waals surface area contributed by atoms with Crippen molar-refractivity contribution in [3.05, 3.63) is 90.0 Å². The first-order valence-corrected chi connectivity index (χ1v) is 12.1. The number of hydrogen-bond donors (Lipinski definition) is 1. The van der Waals surface area contributed by atoms with Gasteiger partial charge in [-0.05, 0) is 48.7 Å². The highest BCUT2D eigenvalue weighted by atomic mass is 35.5. The van der Waals surface area contributed by atoms with Crippen LogP contribution in [0.15, 0.2) is 94.7 Å². The maximum absolute atomic E-state index is 12.9. The second kappa shape index (κ2) is 8.55. The van der Waals surface area contributed by atoms with Crippen molar-refractivity contribution in [2.75, 3.05) is 11.1 Å². The Morgan fingerprint density at radius 2 is 1.53 bits per heavy atom. The summed E-state index contributed by atoms with van der Waals surface area (Å²) in [6.45, 7) is 0. The van der Waals surface area contributed by atoms with Gasteiger partial charge in [0.05, 0.1) is 16.3 Å². The molecule has 1 N–H and O–H groups in total. The van der Waals surface area contributed by atoms with Crippen LogP contribution in [-0.2, 0) is 10.0 Å². The Hall–Kier alpha value is -2.74. The van der Waals surface area contributed by atoms with Crippen molar-refractivity contribution < 1.29 is 8.42 Å². The molecule has 30 heavy (non-hydrogen) atoms. The highest BCUT2D eigenvalue weighted by molar-refractivity contribution is 7.98. The van der Waals surface area contributed by atoms with Gasteiger partial charge in [-0.15, -0.1) is 11.8 Å². The molecule has 0 saturated carbocycles. The van der Waals surface area contributed by atoms with Gasteiger partial charge in [-0.25, -0.2) is 0 Å². The van der Waals surface area contributed by atoms with Crippen LogP contribution in [0.2, 0.25) is 5.02 Å². The topological polar surface area (TPSA) is 64.0 Å². The molecule has 4 aromatic rings. The third-order valence-corrected chi connectivity index (χ3v) is 6.80. The smallest absolute Gasteiger partial charge is 0.200 e. The zero-order chi connectivity index (χ0) is 21.1. The summed E-state index contributed by atoms with van der Waals surface area (Å²) in [5, 5.41) is 5.13. The zero-order valence-corrected chi connectivity index (χ0v) is 18.4. The Labute approximate surface area is 184 Å². The minimum Gasteiger partial charge on any atom is -0.200 e. The van der Waals surface area contributed by atoms with Crippen LogP contribution in [0.5, 0.6) is 0 Å². The van der Waals surface area contributed by atoms with Crippen molar-refractivity contribution in [3.63, 3.8) is 0 Å². The molecule has 3 aromatic carbocycles. The van der Waals surface area contributed by atoms with Gasteiger partial charge in [0.25, 0.3) is 10.0 Å². The first kappa shape index (κ1) is 20.5. The largest absolute Gasteiger partial charge is 0.276 e. The lowest BCUT2D eigenvalue weighted by Gasteiger charge is -2.11. The van der Waals surface area contributed by atoms with Gasteiger partial charge in [-0.3, -0.25) is 0 Å². The van der Waals surface area contributed by atoms with Crippen molar-refractivity contribution >= 4 is 33.4 Å². The molecule has 0 radical (unpaired) electrons. The van der Waals surface area contributed by atoms with E-state index in [-0.39, 0.29) is 4.90 Å². The Kier molecular flexibility index (Phi) is 5.85. The van der Waals surface area contributed by atoms with E-state index in [1.807, 2.05) is 48.7 Å². The maximum atomic E-state index is 12.9. The molecular formula is C22H18ClN3O2S2. The van der Waals surface area contributed by atoms with Crippen LogP contribution in [0.4, 0.5) is 0 Å². The number of rotatable bonds is 6. The van der Waals surface area contributed by atoms with Crippen LogP contribution in [0.3, 0.4) is 0 Å². The van der Waals surface area contributed by atoms with Crippen molar-refractivity contribution in [1.29, 1.82) is 0 Å². The van der Waals surface area contributed by atoms with Gasteiger partial charge in [0, 0.05) is 21.0 Å². The predicted molar refractivity (Wildman–Crippen MR) is 123 cm³/mol. The fourth-order valence-corrected chi connectivity index (χ4v) is 4.47. The van der Waals surface area contributed by atoms with Crippen molar-refractivity contribution in [1.82, 2.24) is 9.89 Å². The highest BCUT2D eigenvalue weighted by Gasteiger charge is 2.19. The second-order valence-electron chi connectivity index (χ2n) is 6.47. The van der Waals surface area contributed by atoms with Gasteiger partial charge in [-0.1, -0.05) is 54.1 Å². The van der Waals surface area contributed by atoms with E-state index in [1.54, 1.807) is 42.1 Å². The SMILES string of the molecule is CSc1ccc(-c2cc(-c3ccc(Cl)cc3)n(NS(=O)(=O)c3ccccc3)n2)cc1. The van der Waals surface area contributed by atoms with Crippen LogP contribution in [-0.4, -0.2) is 24.6 Å². The molecule has 0 amide bonds. The van der Waals surface area contributed by atoms with Crippen molar-refractivity contribution in [2.24, 2.45) is 0 Å². The molecular weight excluding hydrogens is 438 g/mol. The molecule has 0 aliphatic carbocycles. The molecule has 0 aliphatic rings. The summed E-state index contributed by atoms with van der Waals surface area (Å²) in [5.74, 6) is 0. The molecule has 1 heterocycles. The van der Waals surface area contributed by atoms with E-state index in [0.29, 0.717) is 16.4 Å². The number of nitrogens with zero attached hydrogens (tertiary/aromatic N) is 2. The average molecular weight is 456 g/mol. The molecule has 5 nitrogen and oxygen atoms in total. The van der Waals surface area contributed by atoms with Crippen LogP contribution in [0.1, 0.15) is 0 Å². The normalized spacial score (nSPS) is 11.4. The monoisotopic (exact) mass is 455 g/mol. The summed E-state index contributed by atoms with van der Waals surface area (Å²) in [7, 11) is -3.81. The number of hydrogen-bond acceptors (Lipinski definition) is 4. The van der Waals surface area contributed by atoms with Crippen LogP contribution >= 0.6 is 23.4 Å². The Balaban J connectivity index is 1.79. The predicted octanol–water partition coefficient (Wildman–Crippen LogP) is 5.52. The number of sulfonamides is 1. The fraction of sp³-hybridized carbons (Fsp3) is 0.0455. The molecule has 152 valence electrons. The maximum Gasteiger partial charge on any atom is 0.276 e. The van der Waals surface area contributed by atoms with Gasteiger partial charge in [0.1, 0.15) is 0 Å². The summed E-state index contributed by atoms with van der Waals surface area (Å²) in [4.78, 5) is 5.16. The first-order valence-electron chi connectivity index (χ1n) is 9.04. The lowest BCUT2D eigenvalue weighted by molar-refractivity contribution is 0.592. The molecule has 0 spiro atoms. The van der Waals surface area contributed by atoms with E-state index in [9.17, 15) is 8.42 Å². The van der Waals surface area contributed by atoms with E-state index < -0.39 is 10.0 Å². The Morgan fingerprint density at radius 1 is 0.900 bits per heavy atom. The molecule has 0 atom stereocenters. The van der Waals surface area contributed by atoms with Gasteiger partial charge >= 0.3 is 0 Å². The van der Waals surface area contributed by atoms with E-state index >= 15 is 0 Å². The molecule has 0 unspecified atom stereocenters. The van der Waals surface area contributed by atoms with Gasteiger partial charge in [0.15, 0.2) is 0 Å². The molecule has 4 rings (SSSR count). The minimum atomic E-state index is -3.81. The number of nitrogens with one attached hydrogen (secondary N) is 1. The van der Waals surface area contributed by atoms with Crippen LogP contribution < -0.4 is 4.83 Å². The summed E-state index contributed by atoms with van der Waals surface area (Å²) in [6.07, 6.45) is 2.01. The third kappa shape index (κ3) is 4.38. The summed E-state index contributed by atoms with van der Waals surface area (Å²) in [6, 6.07) is 25.2. The van der Waals surface area contributed by atoms with Gasteiger partial charge in [0.2, 0.25) is 0 Å². The minimum absolute atomic E-state index is 0.161. The quantitative estimate of drug-likeness (QED) is 0.388. The van der Waals surface area contributed by atoms with E-state index in [4.69, 9.17) is 11.6 Å². The summed E-state index contributed by atoms with van der Waals surface area (Å²) < 4.78 is 25.7. The molecule has 0 bridgehead atoms. The lowest BCUT2D eigenvalue weighted by Crippen LogP contribution is -2.25. The third-order valence-electron chi connectivity index (χ3n) is 4.50. The molecule has 0 aliphatic heterocycles. The number of thioether (sulfide) groups is 1. The highest BCUT2D eigenvalue weighted by Crippen LogP contribution is 2.28. The molecule has 8 heteroatoms. The summed E-state index contributed by atoms with van der Waals surface area (Å²) >= 11 is 7.67. The number of benzene rings is 3.